The third-order valence-corrected chi connectivity index (χ3v) is 2.91. The highest BCUT2D eigenvalue weighted by Crippen LogP contribution is 2.13. The molecule has 0 unspecified atom stereocenters. The third kappa shape index (κ3) is 3.14. The molecule has 2 rings (SSSR count). The van der Waals surface area contributed by atoms with E-state index >= 15 is 0 Å². The molecule has 0 spiro atoms. The minimum absolute atomic E-state index is 0.211. The molecule has 0 saturated heterocycles. The van der Waals surface area contributed by atoms with Crippen LogP contribution in [0, 0.1) is 0 Å². The van der Waals surface area contributed by atoms with Gasteiger partial charge in [0.15, 0.2) is 0 Å². The fraction of sp³-hybridized carbons (Fsp3) is 0.357. The molecule has 2 heterocycles. The fourth-order valence-electron chi connectivity index (χ4n) is 1.81. The Bertz CT molecular complexity index is 618. The van der Waals surface area contributed by atoms with Gasteiger partial charge in [0.05, 0.1) is 11.9 Å². The Hall–Kier alpha value is -2.37. The van der Waals surface area contributed by atoms with Crippen molar-refractivity contribution in [3.05, 3.63) is 35.8 Å². The molecule has 0 aliphatic heterocycles. The molecule has 20 heavy (non-hydrogen) atoms. The summed E-state index contributed by atoms with van der Waals surface area (Å²) in [7, 11) is 0. The van der Waals surface area contributed by atoms with Gasteiger partial charge in [-0.1, -0.05) is 6.92 Å². The Balaban J connectivity index is 2.16. The van der Waals surface area contributed by atoms with Crippen molar-refractivity contribution in [2.45, 2.75) is 33.2 Å². The first-order chi connectivity index (χ1) is 9.49. The van der Waals surface area contributed by atoms with Crippen LogP contribution in [0.15, 0.2) is 24.5 Å². The van der Waals surface area contributed by atoms with E-state index in [0.717, 1.165) is 12.1 Å². The normalized spacial score (nSPS) is 10.8. The summed E-state index contributed by atoms with van der Waals surface area (Å²) in [5, 5.41) is 6.99. The van der Waals surface area contributed by atoms with E-state index in [1.807, 2.05) is 20.8 Å². The monoisotopic (exact) mass is 273 g/mol. The molecule has 0 saturated carbocycles. The van der Waals surface area contributed by atoms with Gasteiger partial charge in [0.1, 0.15) is 5.82 Å². The number of hydrogen-bond acceptors (Lipinski definition) is 4. The van der Waals surface area contributed by atoms with Crippen LogP contribution in [0.25, 0.3) is 0 Å². The predicted molar refractivity (Wildman–Crippen MR) is 78.6 cm³/mol. The lowest BCUT2D eigenvalue weighted by Gasteiger charge is -2.06. The molecular formula is C14H19N5O. The van der Waals surface area contributed by atoms with E-state index < -0.39 is 0 Å². The molecule has 0 fully saturated rings. The van der Waals surface area contributed by atoms with Crippen molar-refractivity contribution < 1.29 is 4.79 Å². The maximum atomic E-state index is 12.2. The zero-order chi connectivity index (χ0) is 14.7. The van der Waals surface area contributed by atoms with E-state index in [1.165, 1.54) is 0 Å². The van der Waals surface area contributed by atoms with Crippen LogP contribution in [0.2, 0.25) is 0 Å². The first-order valence-electron chi connectivity index (χ1n) is 6.61. The van der Waals surface area contributed by atoms with Crippen LogP contribution in [-0.4, -0.2) is 20.7 Å². The second-order valence-corrected chi connectivity index (χ2v) is 4.88. The molecule has 0 aliphatic rings. The average Bonchev–Trinajstić information content (AvgIpc) is 2.86. The summed E-state index contributed by atoms with van der Waals surface area (Å²) in [5.41, 5.74) is 7.67. The lowest BCUT2D eigenvalue weighted by atomic mass is 10.2. The number of aromatic nitrogens is 3. The molecule has 0 atom stereocenters. The highest BCUT2D eigenvalue weighted by Gasteiger charge is 2.10. The second-order valence-electron chi connectivity index (χ2n) is 4.88. The Labute approximate surface area is 118 Å². The summed E-state index contributed by atoms with van der Waals surface area (Å²) in [6.45, 7) is 6.02. The molecule has 3 N–H and O–H groups in total. The molecule has 0 aliphatic carbocycles. The lowest BCUT2D eigenvalue weighted by molar-refractivity contribution is 0.102. The van der Waals surface area contributed by atoms with E-state index in [0.29, 0.717) is 17.1 Å². The second kappa shape index (κ2) is 5.73. The Morgan fingerprint density at radius 1 is 1.45 bits per heavy atom. The van der Waals surface area contributed by atoms with Crippen molar-refractivity contribution in [2.24, 2.45) is 0 Å². The average molecular weight is 273 g/mol. The van der Waals surface area contributed by atoms with Crippen LogP contribution < -0.4 is 11.1 Å². The summed E-state index contributed by atoms with van der Waals surface area (Å²) >= 11 is 0. The van der Waals surface area contributed by atoms with Gasteiger partial charge in [-0.25, -0.2) is 4.98 Å². The number of aryl methyl sites for hydroxylation is 1. The van der Waals surface area contributed by atoms with Crippen molar-refractivity contribution in [3.8, 4) is 0 Å². The van der Waals surface area contributed by atoms with Gasteiger partial charge >= 0.3 is 0 Å². The summed E-state index contributed by atoms with van der Waals surface area (Å²) in [5.74, 6) is 0.143. The SMILES string of the molecule is CCc1cc(C(=O)Nc2cnn(C(C)C)c2)cc(N)n1. The zero-order valence-electron chi connectivity index (χ0n) is 11.9. The van der Waals surface area contributed by atoms with Crippen LogP contribution in [0.1, 0.15) is 42.9 Å². The van der Waals surface area contributed by atoms with Crippen LogP contribution in [0.3, 0.4) is 0 Å². The maximum Gasteiger partial charge on any atom is 0.255 e. The van der Waals surface area contributed by atoms with Crippen LogP contribution in [0.5, 0.6) is 0 Å². The first kappa shape index (κ1) is 14.0. The fourth-order valence-corrected chi connectivity index (χ4v) is 1.81. The minimum Gasteiger partial charge on any atom is -0.384 e. The summed E-state index contributed by atoms with van der Waals surface area (Å²) in [6.07, 6.45) is 4.16. The maximum absolute atomic E-state index is 12.2. The molecule has 0 bridgehead atoms. The van der Waals surface area contributed by atoms with Crippen molar-refractivity contribution in [1.82, 2.24) is 14.8 Å². The molecule has 6 nitrogen and oxygen atoms in total. The highest BCUT2D eigenvalue weighted by atomic mass is 16.1. The zero-order valence-corrected chi connectivity index (χ0v) is 11.9. The molecule has 1 amide bonds. The van der Waals surface area contributed by atoms with Crippen molar-refractivity contribution in [3.63, 3.8) is 0 Å². The number of carbonyl (C=O) groups is 1. The largest absolute Gasteiger partial charge is 0.384 e. The van der Waals surface area contributed by atoms with Gasteiger partial charge in [-0.05, 0) is 32.4 Å². The lowest BCUT2D eigenvalue weighted by Crippen LogP contribution is -2.13. The molecule has 2 aromatic heterocycles. The molecule has 2 aromatic rings. The van der Waals surface area contributed by atoms with Crippen molar-refractivity contribution in [2.75, 3.05) is 11.1 Å². The Morgan fingerprint density at radius 3 is 2.80 bits per heavy atom. The number of pyridine rings is 1. The molecular weight excluding hydrogens is 254 g/mol. The molecule has 0 radical (unpaired) electrons. The van der Waals surface area contributed by atoms with Crippen molar-refractivity contribution in [1.29, 1.82) is 0 Å². The number of nitrogens with two attached hydrogens (primary N) is 1. The van der Waals surface area contributed by atoms with E-state index in [4.69, 9.17) is 5.73 Å². The molecule has 106 valence electrons. The van der Waals surface area contributed by atoms with Gasteiger partial charge in [-0.15, -0.1) is 0 Å². The number of nitrogens with one attached hydrogen (secondary N) is 1. The number of hydrogen-bond donors (Lipinski definition) is 2. The minimum atomic E-state index is -0.211. The predicted octanol–water partition coefficient (Wildman–Crippen LogP) is 2.26. The van der Waals surface area contributed by atoms with Gasteiger partial charge in [0, 0.05) is 23.5 Å². The number of anilines is 2. The summed E-state index contributed by atoms with van der Waals surface area (Å²) < 4.78 is 1.79. The van der Waals surface area contributed by atoms with Crippen LogP contribution in [0.4, 0.5) is 11.5 Å². The van der Waals surface area contributed by atoms with Gasteiger partial charge in [-0.3, -0.25) is 9.48 Å². The van der Waals surface area contributed by atoms with Gasteiger partial charge in [-0.2, -0.15) is 5.10 Å². The van der Waals surface area contributed by atoms with Gasteiger partial charge in [0.2, 0.25) is 0 Å². The van der Waals surface area contributed by atoms with E-state index in [-0.39, 0.29) is 11.9 Å². The van der Waals surface area contributed by atoms with Crippen LogP contribution >= 0.6 is 0 Å². The number of amides is 1. The third-order valence-electron chi connectivity index (χ3n) is 2.91. The number of nitrogen functional groups attached to an aromatic ring is 1. The molecule has 0 aromatic carbocycles. The van der Waals surface area contributed by atoms with E-state index in [2.05, 4.69) is 15.4 Å². The quantitative estimate of drug-likeness (QED) is 0.894. The standard InChI is InChI=1S/C14H19N5O/c1-4-11-5-10(6-13(15)17-11)14(20)18-12-7-16-19(8-12)9(2)3/h5-9H,4H2,1-3H3,(H2,15,17)(H,18,20). The van der Waals surface area contributed by atoms with Gasteiger partial charge in [0.25, 0.3) is 5.91 Å². The first-order valence-corrected chi connectivity index (χ1v) is 6.61. The van der Waals surface area contributed by atoms with E-state index in [9.17, 15) is 4.79 Å². The Kier molecular flexibility index (Phi) is 4.02. The number of carbonyl (C=O) groups excluding carboxylic acids is 1. The number of rotatable bonds is 4. The smallest absolute Gasteiger partial charge is 0.255 e. The topological polar surface area (TPSA) is 85.8 Å². The highest BCUT2D eigenvalue weighted by molar-refractivity contribution is 6.04. The van der Waals surface area contributed by atoms with E-state index in [1.54, 1.807) is 29.2 Å². The van der Waals surface area contributed by atoms with Crippen LogP contribution in [-0.2, 0) is 6.42 Å². The molecule has 6 heteroatoms. The van der Waals surface area contributed by atoms with Gasteiger partial charge < -0.3 is 11.1 Å². The Morgan fingerprint density at radius 2 is 2.20 bits per heavy atom. The summed E-state index contributed by atoms with van der Waals surface area (Å²) in [6, 6.07) is 3.57. The summed E-state index contributed by atoms with van der Waals surface area (Å²) in [4.78, 5) is 16.3. The number of nitrogens with zero attached hydrogens (tertiary/aromatic N) is 3. The van der Waals surface area contributed by atoms with Crippen molar-refractivity contribution >= 4 is 17.4 Å².